The lowest BCUT2D eigenvalue weighted by molar-refractivity contribution is 0.325. The Morgan fingerprint density at radius 1 is 1.28 bits per heavy atom. The van der Waals surface area contributed by atoms with Crippen LogP contribution in [0.2, 0.25) is 0 Å². The molecule has 2 rings (SSSR count). The third-order valence-electron chi connectivity index (χ3n) is 3.76. The lowest BCUT2D eigenvalue weighted by atomic mass is 9.85. The van der Waals surface area contributed by atoms with Gasteiger partial charge in [-0.25, -0.2) is 4.39 Å². The largest absolute Gasteiger partial charge is 0.370 e. The zero-order chi connectivity index (χ0) is 13.2. The second kappa shape index (κ2) is 4.97. The standard InChI is InChI=1S/C15H19FN2/c1-15(2)6-3-8-18(9-7-15)14-5-4-13(16)10-12(14)11-17/h4-5,10H,3,6-9H2,1-2H3. The first-order valence-electron chi connectivity index (χ1n) is 6.46. The van der Waals surface area contributed by atoms with Crippen LogP contribution in [0.3, 0.4) is 0 Å². The van der Waals surface area contributed by atoms with Crippen LogP contribution in [0.5, 0.6) is 0 Å². The topological polar surface area (TPSA) is 27.0 Å². The van der Waals surface area contributed by atoms with Gasteiger partial charge in [0, 0.05) is 13.1 Å². The highest BCUT2D eigenvalue weighted by molar-refractivity contribution is 5.59. The van der Waals surface area contributed by atoms with Crippen LogP contribution < -0.4 is 4.90 Å². The fourth-order valence-corrected chi connectivity index (χ4v) is 2.54. The van der Waals surface area contributed by atoms with E-state index >= 15 is 0 Å². The van der Waals surface area contributed by atoms with Crippen molar-refractivity contribution >= 4 is 5.69 Å². The predicted molar refractivity (Wildman–Crippen MR) is 71.0 cm³/mol. The second-order valence-corrected chi connectivity index (χ2v) is 5.78. The van der Waals surface area contributed by atoms with E-state index in [-0.39, 0.29) is 5.82 Å². The van der Waals surface area contributed by atoms with Gasteiger partial charge in [-0.1, -0.05) is 13.8 Å². The first-order chi connectivity index (χ1) is 8.52. The molecule has 0 N–H and O–H groups in total. The lowest BCUT2D eigenvalue weighted by Crippen LogP contribution is -2.25. The highest BCUT2D eigenvalue weighted by Gasteiger charge is 2.24. The SMILES string of the molecule is CC1(C)CCCN(c2ccc(F)cc2C#N)CC1. The number of benzene rings is 1. The van der Waals surface area contributed by atoms with E-state index in [0.717, 1.165) is 31.6 Å². The Balaban J connectivity index is 2.24. The summed E-state index contributed by atoms with van der Waals surface area (Å²) in [5.74, 6) is -0.342. The molecule has 0 spiro atoms. The molecular weight excluding hydrogens is 227 g/mol. The molecule has 96 valence electrons. The number of nitrogens with zero attached hydrogens (tertiary/aromatic N) is 2. The van der Waals surface area contributed by atoms with Gasteiger partial charge in [-0.2, -0.15) is 5.26 Å². The quantitative estimate of drug-likeness (QED) is 0.755. The van der Waals surface area contributed by atoms with Crippen LogP contribution in [-0.4, -0.2) is 13.1 Å². The van der Waals surface area contributed by atoms with Gasteiger partial charge in [0.15, 0.2) is 0 Å². The first kappa shape index (κ1) is 12.9. The van der Waals surface area contributed by atoms with E-state index in [2.05, 4.69) is 24.8 Å². The Kier molecular flexibility index (Phi) is 3.56. The third-order valence-corrected chi connectivity index (χ3v) is 3.76. The predicted octanol–water partition coefficient (Wildman–Crippen LogP) is 3.71. The van der Waals surface area contributed by atoms with Gasteiger partial charge in [0.2, 0.25) is 0 Å². The van der Waals surface area contributed by atoms with Gasteiger partial charge in [-0.15, -0.1) is 0 Å². The minimum Gasteiger partial charge on any atom is -0.370 e. The summed E-state index contributed by atoms with van der Waals surface area (Å²) in [7, 11) is 0. The zero-order valence-electron chi connectivity index (χ0n) is 11.0. The summed E-state index contributed by atoms with van der Waals surface area (Å²) in [4.78, 5) is 2.22. The van der Waals surface area contributed by atoms with Crippen LogP contribution >= 0.6 is 0 Å². The Morgan fingerprint density at radius 3 is 2.78 bits per heavy atom. The maximum atomic E-state index is 13.1. The van der Waals surface area contributed by atoms with E-state index in [9.17, 15) is 4.39 Å². The van der Waals surface area contributed by atoms with Crippen LogP contribution in [0.25, 0.3) is 0 Å². The highest BCUT2D eigenvalue weighted by Crippen LogP contribution is 2.32. The van der Waals surface area contributed by atoms with Gasteiger partial charge < -0.3 is 4.90 Å². The summed E-state index contributed by atoms with van der Waals surface area (Å²) in [6, 6.07) is 6.58. The van der Waals surface area contributed by atoms with Crippen LogP contribution in [0, 0.1) is 22.6 Å². The molecule has 0 radical (unpaired) electrons. The van der Waals surface area contributed by atoms with Crippen LogP contribution in [0.4, 0.5) is 10.1 Å². The van der Waals surface area contributed by atoms with Crippen molar-refractivity contribution < 1.29 is 4.39 Å². The number of hydrogen-bond acceptors (Lipinski definition) is 2. The van der Waals surface area contributed by atoms with Crippen molar-refractivity contribution in [3.8, 4) is 6.07 Å². The summed E-state index contributed by atoms with van der Waals surface area (Å²) >= 11 is 0. The van der Waals surface area contributed by atoms with E-state index in [0.29, 0.717) is 11.0 Å². The minimum atomic E-state index is -0.342. The van der Waals surface area contributed by atoms with Crippen molar-refractivity contribution in [2.24, 2.45) is 5.41 Å². The molecule has 1 aromatic carbocycles. The fraction of sp³-hybridized carbons (Fsp3) is 0.533. The summed E-state index contributed by atoms with van der Waals surface area (Å²) in [6.45, 7) is 6.45. The molecule has 1 fully saturated rings. The Bertz CT molecular complexity index is 474. The van der Waals surface area contributed by atoms with Gasteiger partial charge in [0.1, 0.15) is 11.9 Å². The normalized spacial score (nSPS) is 19.1. The molecule has 0 aromatic heterocycles. The van der Waals surface area contributed by atoms with Crippen molar-refractivity contribution in [1.29, 1.82) is 5.26 Å². The van der Waals surface area contributed by atoms with Crippen LogP contribution in [-0.2, 0) is 0 Å². The van der Waals surface area contributed by atoms with E-state index in [1.807, 2.05) is 0 Å². The molecular formula is C15H19FN2. The molecule has 1 aromatic rings. The smallest absolute Gasteiger partial charge is 0.124 e. The molecule has 1 saturated heterocycles. The zero-order valence-corrected chi connectivity index (χ0v) is 11.0. The number of rotatable bonds is 1. The van der Waals surface area contributed by atoms with Crippen molar-refractivity contribution in [3.63, 3.8) is 0 Å². The summed E-state index contributed by atoms with van der Waals surface area (Å²) in [5, 5.41) is 9.10. The fourth-order valence-electron chi connectivity index (χ4n) is 2.54. The molecule has 0 atom stereocenters. The lowest BCUT2D eigenvalue weighted by Gasteiger charge is -2.25. The molecule has 0 bridgehead atoms. The average molecular weight is 246 g/mol. The molecule has 2 nitrogen and oxygen atoms in total. The van der Waals surface area contributed by atoms with Crippen LogP contribution in [0.1, 0.15) is 38.7 Å². The van der Waals surface area contributed by atoms with Gasteiger partial charge in [-0.05, 0) is 42.9 Å². The first-order valence-corrected chi connectivity index (χ1v) is 6.46. The van der Waals surface area contributed by atoms with E-state index in [1.165, 1.54) is 18.6 Å². The highest BCUT2D eigenvalue weighted by atomic mass is 19.1. The molecule has 1 aliphatic rings. The van der Waals surface area contributed by atoms with E-state index < -0.39 is 0 Å². The van der Waals surface area contributed by atoms with E-state index in [4.69, 9.17) is 5.26 Å². The Labute approximate surface area is 108 Å². The number of anilines is 1. The molecule has 0 aliphatic carbocycles. The third kappa shape index (κ3) is 2.81. The summed E-state index contributed by atoms with van der Waals surface area (Å²) < 4.78 is 13.1. The van der Waals surface area contributed by atoms with Crippen molar-refractivity contribution in [1.82, 2.24) is 0 Å². The number of hydrogen-bond donors (Lipinski definition) is 0. The van der Waals surface area contributed by atoms with Crippen LogP contribution in [0.15, 0.2) is 18.2 Å². The minimum absolute atomic E-state index is 0.342. The summed E-state index contributed by atoms with van der Waals surface area (Å²) in [6.07, 6.45) is 3.43. The van der Waals surface area contributed by atoms with Gasteiger partial charge >= 0.3 is 0 Å². The maximum Gasteiger partial charge on any atom is 0.124 e. The van der Waals surface area contributed by atoms with Gasteiger partial charge in [-0.3, -0.25) is 0 Å². The van der Waals surface area contributed by atoms with Gasteiger partial charge in [0.05, 0.1) is 11.3 Å². The molecule has 0 unspecified atom stereocenters. The van der Waals surface area contributed by atoms with E-state index in [1.54, 1.807) is 6.07 Å². The molecule has 18 heavy (non-hydrogen) atoms. The second-order valence-electron chi connectivity index (χ2n) is 5.78. The van der Waals surface area contributed by atoms with Gasteiger partial charge in [0.25, 0.3) is 0 Å². The molecule has 3 heteroatoms. The molecule has 1 aliphatic heterocycles. The molecule has 1 heterocycles. The maximum absolute atomic E-state index is 13.1. The number of halogens is 1. The Hall–Kier alpha value is -1.56. The Morgan fingerprint density at radius 2 is 2.06 bits per heavy atom. The average Bonchev–Trinajstić information content (AvgIpc) is 2.50. The number of nitriles is 1. The monoisotopic (exact) mass is 246 g/mol. The molecule has 0 saturated carbocycles. The van der Waals surface area contributed by atoms with Crippen molar-refractivity contribution in [2.45, 2.75) is 33.1 Å². The molecule has 0 amide bonds. The van der Waals surface area contributed by atoms with Crippen molar-refractivity contribution in [2.75, 3.05) is 18.0 Å². The summed E-state index contributed by atoms with van der Waals surface area (Å²) in [5.41, 5.74) is 1.67. The van der Waals surface area contributed by atoms with Crippen molar-refractivity contribution in [3.05, 3.63) is 29.6 Å².